The molecule has 0 aliphatic carbocycles. The zero-order valence-corrected chi connectivity index (χ0v) is 10.0. The van der Waals surface area contributed by atoms with Gasteiger partial charge in [-0.15, -0.1) is 0 Å². The van der Waals surface area contributed by atoms with Crippen molar-refractivity contribution < 1.29 is 0 Å². The zero-order valence-electron chi connectivity index (χ0n) is 10.0. The van der Waals surface area contributed by atoms with Gasteiger partial charge in [-0.25, -0.2) is 0 Å². The molecule has 0 aliphatic heterocycles. The average molecular weight is 247 g/mol. The molecule has 96 valence electrons. The van der Waals surface area contributed by atoms with E-state index in [1.54, 1.807) is 6.92 Å². The Kier molecular flexibility index (Phi) is 2.22. The summed E-state index contributed by atoms with van der Waals surface area (Å²) < 4.78 is 0. The molecule has 14 N–H and O–H groups in total. The highest BCUT2D eigenvalue weighted by Gasteiger charge is 2.19. The molecule has 0 aromatic heterocycles. The van der Waals surface area contributed by atoms with Gasteiger partial charge in [-0.1, -0.05) is 0 Å². The van der Waals surface area contributed by atoms with Gasteiger partial charge in [0.05, 0.1) is 39.8 Å². The first-order chi connectivity index (χ1) is 8.29. The summed E-state index contributed by atoms with van der Waals surface area (Å²) in [6.45, 7) is 1.78. The highest BCUT2D eigenvalue weighted by molar-refractivity contribution is 6.21. The zero-order chi connectivity index (χ0) is 13.8. The quantitative estimate of drug-likeness (QED) is 0.325. The van der Waals surface area contributed by atoms with Gasteiger partial charge < -0.3 is 40.1 Å². The monoisotopic (exact) mass is 247 g/mol. The summed E-state index contributed by atoms with van der Waals surface area (Å²) in [4.78, 5) is 0. The minimum atomic E-state index is 0.204. The molecule has 0 amide bonds. The molecule has 0 bridgehead atoms. The molecule has 0 saturated heterocycles. The van der Waals surface area contributed by atoms with E-state index in [0.29, 0.717) is 27.7 Å². The molecule has 0 saturated carbocycles. The van der Waals surface area contributed by atoms with Gasteiger partial charge >= 0.3 is 0 Å². The molecule has 0 aliphatic rings. The van der Waals surface area contributed by atoms with E-state index in [2.05, 4.69) is 0 Å². The molecule has 2 rings (SSSR count). The predicted octanol–water partition coefficient (Wildman–Crippen LogP) is 0.224. The molecular weight excluding hydrogens is 230 g/mol. The van der Waals surface area contributed by atoms with E-state index in [0.717, 1.165) is 0 Å². The van der Waals surface area contributed by atoms with Gasteiger partial charge in [0.2, 0.25) is 0 Å². The lowest BCUT2D eigenvalue weighted by atomic mass is 9.95. The van der Waals surface area contributed by atoms with E-state index in [4.69, 9.17) is 40.1 Å². The van der Waals surface area contributed by atoms with Crippen LogP contribution in [0.3, 0.4) is 0 Å². The van der Waals surface area contributed by atoms with Gasteiger partial charge in [-0.3, -0.25) is 0 Å². The van der Waals surface area contributed by atoms with Gasteiger partial charge in [-0.2, -0.15) is 0 Å². The Bertz CT molecular complexity index is 562. The molecule has 0 fully saturated rings. The summed E-state index contributed by atoms with van der Waals surface area (Å²) >= 11 is 0. The Morgan fingerprint density at radius 2 is 0.778 bits per heavy atom. The average Bonchev–Trinajstić information content (AvgIpc) is 2.35. The number of benzene rings is 2. The van der Waals surface area contributed by atoms with Crippen LogP contribution >= 0.6 is 0 Å². The Hall–Kier alpha value is -2.70. The van der Waals surface area contributed by atoms with E-state index in [1.165, 1.54) is 0 Å². The molecule has 0 spiro atoms. The van der Waals surface area contributed by atoms with Crippen molar-refractivity contribution in [3.8, 4) is 0 Å². The van der Waals surface area contributed by atoms with Crippen LogP contribution in [0.4, 0.5) is 39.8 Å². The van der Waals surface area contributed by atoms with Crippen molar-refractivity contribution in [1.82, 2.24) is 0 Å². The molecule has 0 radical (unpaired) electrons. The SMILES string of the molecule is Cc1c(N)c(N)c(N)c2c(N)c(N)c(N)c(N)c12. The fraction of sp³-hybridized carbons (Fsp3) is 0.0909. The van der Waals surface area contributed by atoms with E-state index < -0.39 is 0 Å². The first-order valence-corrected chi connectivity index (χ1v) is 5.27. The van der Waals surface area contributed by atoms with Crippen molar-refractivity contribution in [3.05, 3.63) is 5.56 Å². The van der Waals surface area contributed by atoms with Crippen LogP contribution in [0.5, 0.6) is 0 Å². The number of nitrogen functional groups attached to an aromatic ring is 7. The molecule has 0 unspecified atom stereocenters. The van der Waals surface area contributed by atoms with Crippen LogP contribution in [0.15, 0.2) is 0 Å². The summed E-state index contributed by atoms with van der Waals surface area (Å²) in [5, 5.41) is 1.10. The second-order valence-corrected chi connectivity index (χ2v) is 4.27. The molecule has 0 heterocycles. The molecule has 2 aromatic carbocycles. The molecular formula is C11H17N7. The van der Waals surface area contributed by atoms with E-state index >= 15 is 0 Å². The van der Waals surface area contributed by atoms with Gasteiger partial charge in [0.15, 0.2) is 0 Å². The minimum absolute atomic E-state index is 0.204. The normalized spacial score (nSPS) is 10.9. The molecule has 0 atom stereocenters. The van der Waals surface area contributed by atoms with Crippen LogP contribution in [0, 0.1) is 6.92 Å². The summed E-state index contributed by atoms with van der Waals surface area (Å²) in [6.07, 6.45) is 0. The molecule has 7 nitrogen and oxygen atoms in total. The van der Waals surface area contributed by atoms with Crippen molar-refractivity contribution in [1.29, 1.82) is 0 Å². The van der Waals surface area contributed by atoms with Crippen LogP contribution in [0.2, 0.25) is 0 Å². The van der Waals surface area contributed by atoms with Gasteiger partial charge in [0.1, 0.15) is 0 Å². The lowest BCUT2D eigenvalue weighted by Crippen LogP contribution is -2.10. The van der Waals surface area contributed by atoms with Crippen LogP contribution in [-0.4, -0.2) is 0 Å². The molecule has 2 aromatic rings. The second kappa shape index (κ2) is 3.39. The number of hydrogen-bond acceptors (Lipinski definition) is 7. The highest BCUT2D eigenvalue weighted by atomic mass is 14.8. The number of fused-ring (bicyclic) bond motifs is 1. The minimum Gasteiger partial charge on any atom is -0.397 e. The maximum atomic E-state index is 5.96. The number of nitrogens with two attached hydrogens (primary N) is 7. The van der Waals surface area contributed by atoms with Crippen LogP contribution in [0.1, 0.15) is 5.56 Å². The standard InChI is InChI=1S/C11H17N7/c1-2-3-4(7(14)9(16)5(2)12)8(15)11(18)10(17)6(3)13/h12-18H2,1H3. The third-order valence-electron chi connectivity index (χ3n) is 3.29. The Balaban J connectivity index is 3.22. The van der Waals surface area contributed by atoms with Gasteiger partial charge in [-0.05, 0) is 12.5 Å². The Morgan fingerprint density at radius 1 is 0.444 bits per heavy atom. The third kappa shape index (κ3) is 1.18. The van der Waals surface area contributed by atoms with Crippen LogP contribution in [-0.2, 0) is 0 Å². The van der Waals surface area contributed by atoms with Crippen molar-refractivity contribution in [3.63, 3.8) is 0 Å². The van der Waals surface area contributed by atoms with Gasteiger partial charge in [0.25, 0.3) is 0 Å². The summed E-state index contributed by atoms with van der Waals surface area (Å²) in [5.41, 5.74) is 43.8. The number of rotatable bonds is 0. The third-order valence-corrected chi connectivity index (χ3v) is 3.29. The van der Waals surface area contributed by atoms with Gasteiger partial charge in [0, 0.05) is 10.8 Å². The smallest absolute Gasteiger partial charge is 0.0810 e. The number of aryl methyl sites for hydroxylation is 1. The summed E-state index contributed by atoms with van der Waals surface area (Å²) in [6, 6.07) is 0. The lowest BCUT2D eigenvalue weighted by Gasteiger charge is -2.19. The first-order valence-electron chi connectivity index (χ1n) is 5.27. The lowest BCUT2D eigenvalue weighted by molar-refractivity contribution is 1.52. The van der Waals surface area contributed by atoms with Crippen molar-refractivity contribution >= 4 is 50.6 Å². The first kappa shape index (κ1) is 11.8. The summed E-state index contributed by atoms with van der Waals surface area (Å²) in [5.74, 6) is 0. The number of hydrogen-bond donors (Lipinski definition) is 7. The Labute approximate surface area is 104 Å². The fourth-order valence-corrected chi connectivity index (χ4v) is 2.11. The van der Waals surface area contributed by atoms with Crippen molar-refractivity contribution in [2.75, 3.05) is 40.1 Å². The van der Waals surface area contributed by atoms with Crippen molar-refractivity contribution in [2.45, 2.75) is 6.92 Å². The Morgan fingerprint density at radius 3 is 1.22 bits per heavy atom. The maximum Gasteiger partial charge on any atom is 0.0810 e. The van der Waals surface area contributed by atoms with E-state index in [9.17, 15) is 0 Å². The summed E-state index contributed by atoms with van der Waals surface area (Å²) in [7, 11) is 0. The topological polar surface area (TPSA) is 182 Å². The largest absolute Gasteiger partial charge is 0.397 e. The van der Waals surface area contributed by atoms with Crippen LogP contribution in [0.25, 0.3) is 10.8 Å². The highest BCUT2D eigenvalue weighted by Crippen LogP contribution is 2.46. The molecule has 18 heavy (non-hydrogen) atoms. The maximum absolute atomic E-state index is 5.96. The number of anilines is 7. The molecule has 7 heteroatoms. The van der Waals surface area contributed by atoms with E-state index in [1.807, 2.05) is 0 Å². The second-order valence-electron chi connectivity index (χ2n) is 4.27. The van der Waals surface area contributed by atoms with Crippen molar-refractivity contribution in [2.24, 2.45) is 0 Å². The van der Waals surface area contributed by atoms with Crippen LogP contribution < -0.4 is 40.1 Å². The fourth-order valence-electron chi connectivity index (χ4n) is 2.11. The van der Waals surface area contributed by atoms with E-state index in [-0.39, 0.29) is 28.4 Å². The predicted molar refractivity (Wildman–Crippen MR) is 79.6 cm³/mol.